The molecule has 1 rings (SSSR count). The van der Waals surface area contributed by atoms with Crippen LogP contribution < -0.4 is 5.32 Å². The summed E-state index contributed by atoms with van der Waals surface area (Å²) in [5.41, 5.74) is 0.129. The van der Waals surface area contributed by atoms with Crippen LogP contribution in [0.5, 0.6) is 0 Å². The largest absolute Gasteiger partial charge is 0.389 e. The number of carbonyl (C=O) groups is 1. The van der Waals surface area contributed by atoms with Gasteiger partial charge < -0.3 is 15.3 Å². The van der Waals surface area contributed by atoms with E-state index in [9.17, 15) is 9.90 Å². The second-order valence-electron chi connectivity index (χ2n) is 5.52. The molecule has 2 N–H and O–H groups in total. The molecule has 0 bridgehead atoms. The van der Waals surface area contributed by atoms with Gasteiger partial charge in [-0.1, -0.05) is 34.1 Å². The van der Waals surface area contributed by atoms with Crippen molar-refractivity contribution >= 4 is 22.0 Å². The van der Waals surface area contributed by atoms with Gasteiger partial charge in [-0.05, 0) is 39.3 Å². The first kappa shape index (κ1) is 17.0. The van der Waals surface area contributed by atoms with Crippen molar-refractivity contribution in [1.82, 2.24) is 10.2 Å². The fourth-order valence-electron chi connectivity index (χ4n) is 1.97. The number of carbonyl (C=O) groups excluding carboxylic acids is 1. The number of nitrogens with zero attached hydrogens (tertiary/aromatic N) is 1. The van der Waals surface area contributed by atoms with Crippen molar-refractivity contribution in [2.45, 2.75) is 39.3 Å². The average Bonchev–Trinajstić information content (AvgIpc) is 2.35. The van der Waals surface area contributed by atoms with Gasteiger partial charge in [0, 0.05) is 11.0 Å². The Labute approximate surface area is 129 Å². The Hall–Kier alpha value is -1.07. The van der Waals surface area contributed by atoms with Crippen LogP contribution in [0.1, 0.15) is 39.3 Å². The smallest absolute Gasteiger partial charge is 0.317 e. The highest BCUT2D eigenvalue weighted by molar-refractivity contribution is 9.10. The molecule has 1 aromatic carbocycles. The molecule has 112 valence electrons. The molecule has 0 aliphatic rings. The quantitative estimate of drug-likeness (QED) is 0.862. The molecule has 1 atom stereocenters. The lowest BCUT2D eigenvalue weighted by molar-refractivity contribution is 0.0476. The van der Waals surface area contributed by atoms with Crippen molar-refractivity contribution in [3.63, 3.8) is 0 Å². The van der Waals surface area contributed by atoms with E-state index in [1.54, 1.807) is 18.7 Å². The molecule has 0 aromatic heterocycles. The SMILES string of the molecule is CCN(CC(C)(C)O)C(=O)NC(C)c1ccccc1Br. The third-order valence-electron chi connectivity index (χ3n) is 2.96. The Balaban J connectivity index is 2.71. The Bertz CT molecular complexity index is 457. The van der Waals surface area contributed by atoms with Crippen molar-refractivity contribution in [1.29, 1.82) is 0 Å². The number of urea groups is 1. The molecule has 5 heteroatoms. The molecule has 1 aromatic rings. The van der Waals surface area contributed by atoms with Crippen molar-refractivity contribution in [2.75, 3.05) is 13.1 Å². The molecule has 0 aliphatic carbocycles. The van der Waals surface area contributed by atoms with Gasteiger partial charge in [0.2, 0.25) is 0 Å². The van der Waals surface area contributed by atoms with Gasteiger partial charge in [0.15, 0.2) is 0 Å². The second-order valence-corrected chi connectivity index (χ2v) is 6.37. The van der Waals surface area contributed by atoms with E-state index in [-0.39, 0.29) is 12.1 Å². The average molecular weight is 343 g/mol. The number of halogens is 1. The van der Waals surface area contributed by atoms with Gasteiger partial charge in [0.1, 0.15) is 0 Å². The van der Waals surface area contributed by atoms with Gasteiger partial charge in [-0.2, -0.15) is 0 Å². The fourth-order valence-corrected chi connectivity index (χ4v) is 2.60. The third kappa shape index (κ3) is 5.13. The van der Waals surface area contributed by atoms with Gasteiger partial charge in [0.05, 0.1) is 18.2 Å². The topological polar surface area (TPSA) is 52.6 Å². The first-order valence-corrected chi connectivity index (χ1v) is 7.56. The molecule has 0 spiro atoms. The zero-order chi connectivity index (χ0) is 15.3. The Morgan fingerprint density at radius 3 is 2.55 bits per heavy atom. The Morgan fingerprint density at radius 2 is 2.05 bits per heavy atom. The van der Waals surface area contributed by atoms with Crippen molar-refractivity contribution in [3.8, 4) is 0 Å². The van der Waals surface area contributed by atoms with Crippen LogP contribution in [0.15, 0.2) is 28.7 Å². The maximum atomic E-state index is 12.2. The summed E-state index contributed by atoms with van der Waals surface area (Å²) in [6.07, 6.45) is 0. The fraction of sp³-hybridized carbons (Fsp3) is 0.533. The lowest BCUT2D eigenvalue weighted by atomic mass is 10.1. The minimum absolute atomic E-state index is 0.103. The summed E-state index contributed by atoms with van der Waals surface area (Å²) in [6.45, 7) is 8.08. The van der Waals surface area contributed by atoms with Crippen LogP contribution in [-0.2, 0) is 0 Å². The van der Waals surface area contributed by atoms with Gasteiger partial charge in [-0.15, -0.1) is 0 Å². The lowest BCUT2D eigenvalue weighted by Crippen LogP contribution is -2.47. The molecule has 4 nitrogen and oxygen atoms in total. The number of benzene rings is 1. The molecule has 0 saturated carbocycles. The van der Waals surface area contributed by atoms with E-state index < -0.39 is 5.60 Å². The van der Waals surface area contributed by atoms with E-state index in [1.165, 1.54) is 0 Å². The van der Waals surface area contributed by atoms with Crippen molar-refractivity contribution in [3.05, 3.63) is 34.3 Å². The number of amides is 2. The number of hydrogen-bond acceptors (Lipinski definition) is 2. The highest BCUT2D eigenvalue weighted by Gasteiger charge is 2.22. The summed E-state index contributed by atoms with van der Waals surface area (Å²) in [4.78, 5) is 13.8. The van der Waals surface area contributed by atoms with E-state index in [0.717, 1.165) is 10.0 Å². The summed E-state index contributed by atoms with van der Waals surface area (Å²) in [5, 5.41) is 12.8. The maximum absolute atomic E-state index is 12.2. The minimum Gasteiger partial charge on any atom is -0.389 e. The summed E-state index contributed by atoms with van der Waals surface area (Å²) in [5.74, 6) is 0. The van der Waals surface area contributed by atoms with Crippen LogP contribution in [0.4, 0.5) is 4.79 Å². The summed E-state index contributed by atoms with van der Waals surface area (Å²) >= 11 is 3.48. The number of nitrogens with one attached hydrogen (secondary N) is 1. The van der Waals surface area contributed by atoms with Gasteiger partial charge >= 0.3 is 6.03 Å². The van der Waals surface area contributed by atoms with Crippen LogP contribution in [0.25, 0.3) is 0 Å². The number of likely N-dealkylation sites (N-methyl/N-ethyl adjacent to an activating group) is 1. The summed E-state index contributed by atoms with van der Waals surface area (Å²) in [7, 11) is 0. The molecular weight excluding hydrogens is 320 g/mol. The highest BCUT2D eigenvalue weighted by Crippen LogP contribution is 2.22. The predicted octanol–water partition coefficient (Wildman–Crippen LogP) is 3.31. The number of rotatable bonds is 5. The molecule has 0 heterocycles. The lowest BCUT2D eigenvalue weighted by Gasteiger charge is -2.29. The van der Waals surface area contributed by atoms with Crippen LogP contribution >= 0.6 is 15.9 Å². The first-order valence-electron chi connectivity index (χ1n) is 6.77. The minimum atomic E-state index is -0.899. The van der Waals surface area contributed by atoms with Crippen LogP contribution in [-0.4, -0.2) is 34.7 Å². The summed E-state index contributed by atoms with van der Waals surface area (Å²) < 4.78 is 0.971. The Kier molecular flexibility index (Phi) is 6.02. The van der Waals surface area contributed by atoms with Gasteiger partial charge in [-0.3, -0.25) is 0 Å². The van der Waals surface area contributed by atoms with Gasteiger partial charge in [0.25, 0.3) is 0 Å². The first-order chi connectivity index (χ1) is 9.24. The molecule has 20 heavy (non-hydrogen) atoms. The van der Waals surface area contributed by atoms with E-state index in [4.69, 9.17) is 0 Å². The normalized spacial score (nSPS) is 12.9. The van der Waals surface area contributed by atoms with Crippen LogP contribution in [0.3, 0.4) is 0 Å². The predicted molar refractivity (Wildman–Crippen MR) is 84.6 cm³/mol. The van der Waals surface area contributed by atoms with Crippen LogP contribution in [0, 0.1) is 0 Å². The highest BCUT2D eigenvalue weighted by atomic mass is 79.9. The standard InChI is InChI=1S/C15H23BrN2O2/c1-5-18(10-15(3,4)20)14(19)17-11(2)12-8-6-7-9-13(12)16/h6-9,11,20H,5,10H2,1-4H3,(H,17,19). The maximum Gasteiger partial charge on any atom is 0.317 e. The zero-order valence-corrected chi connectivity index (χ0v) is 14.1. The van der Waals surface area contributed by atoms with E-state index in [2.05, 4.69) is 21.2 Å². The van der Waals surface area contributed by atoms with Crippen LogP contribution in [0.2, 0.25) is 0 Å². The molecule has 0 fully saturated rings. The van der Waals surface area contributed by atoms with E-state index in [1.807, 2.05) is 38.1 Å². The molecular formula is C15H23BrN2O2. The Morgan fingerprint density at radius 1 is 1.45 bits per heavy atom. The molecule has 0 aliphatic heterocycles. The van der Waals surface area contributed by atoms with E-state index >= 15 is 0 Å². The van der Waals surface area contributed by atoms with Gasteiger partial charge in [-0.25, -0.2) is 4.79 Å². The molecule has 1 unspecified atom stereocenters. The van der Waals surface area contributed by atoms with Crippen molar-refractivity contribution < 1.29 is 9.90 Å². The van der Waals surface area contributed by atoms with Crippen molar-refractivity contribution in [2.24, 2.45) is 0 Å². The monoisotopic (exact) mass is 342 g/mol. The number of hydrogen-bond donors (Lipinski definition) is 2. The molecule has 0 saturated heterocycles. The summed E-state index contributed by atoms with van der Waals surface area (Å²) in [6, 6.07) is 7.53. The second kappa shape index (κ2) is 7.09. The number of aliphatic hydroxyl groups is 1. The molecule has 0 radical (unpaired) electrons. The van der Waals surface area contributed by atoms with E-state index in [0.29, 0.717) is 13.1 Å². The third-order valence-corrected chi connectivity index (χ3v) is 3.68. The zero-order valence-electron chi connectivity index (χ0n) is 12.5. The molecule has 2 amide bonds.